The fourth-order valence-electron chi connectivity index (χ4n) is 3.57. The van der Waals surface area contributed by atoms with Gasteiger partial charge in [0.05, 0.1) is 12.4 Å². The van der Waals surface area contributed by atoms with Crippen LogP contribution in [0, 0.1) is 5.92 Å². The van der Waals surface area contributed by atoms with E-state index in [0.29, 0.717) is 23.4 Å². The Labute approximate surface area is 132 Å². The molecule has 2 bridgehead atoms. The van der Waals surface area contributed by atoms with Crippen molar-refractivity contribution in [2.24, 2.45) is 5.92 Å². The molecule has 2 aliphatic rings. The minimum atomic E-state index is -1.74. The summed E-state index contributed by atoms with van der Waals surface area (Å²) in [5.41, 5.74) is 6.06. The zero-order valence-electron chi connectivity index (χ0n) is 12.5. The molecule has 122 valence electrons. The largest absolute Gasteiger partial charge is 0.504 e. The molecule has 23 heavy (non-hydrogen) atoms. The molecule has 1 aliphatic heterocycles. The van der Waals surface area contributed by atoms with Gasteiger partial charge in [0.2, 0.25) is 0 Å². The summed E-state index contributed by atoms with van der Waals surface area (Å²) in [4.78, 5) is 12.4. The van der Waals surface area contributed by atoms with Crippen LogP contribution in [0.15, 0.2) is 12.7 Å². The minimum absolute atomic E-state index is 0.0954. The Morgan fingerprint density at radius 2 is 2.39 bits per heavy atom. The predicted molar refractivity (Wildman–Crippen MR) is 80.8 cm³/mol. The summed E-state index contributed by atoms with van der Waals surface area (Å²) >= 11 is 0. The van der Waals surface area contributed by atoms with Crippen molar-refractivity contribution in [3.8, 4) is 0 Å². The third kappa shape index (κ3) is 2.15. The Kier molecular flexibility index (Phi) is 3.35. The summed E-state index contributed by atoms with van der Waals surface area (Å²) < 4.78 is 24.4. The molecule has 0 radical (unpaired) electrons. The van der Waals surface area contributed by atoms with Crippen molar-refractivity contribution < 1.29 is 18.9 Å². The smallest absolute Gasteiger partial charge is 0.390 e. The lowest BCUT2D eigenvalue weighted by atomic mass is 10.0. The van der Waals surface area contributed by atoms with E-state index in [9.17, 15) is 9.67 Å². The number of rotatable bonds is 4. The van der Waals surface area contributed by atoms with Gasteiger partial charge in [-0.15, -0.1) is 4.52 Å². The van der Waals surface area contributed by atoms with Crippen LogP contribution in [0.5, 0.6) is 0 Å². The summed E-state index contributed by atoms with van der Waals surface area (Å²) in [5, 5.41) is 10.6. The van der Waals surface area contributed by atoms with Gasteiger partial charge in [0.25, 0.3) is 0 Å². The Hall–Kier alpha value is -1.67. The van der Waals surface area contributed by atoms with Crippen molar-refractivity contribution in [2.45, 2.75) is 30.8 Å². The van der Waals surface area contributed by atoms with Crippen LogP contribution in [0.3, 0.4) is 0 Å². The van der Waals surface area contributed by atoms with Crippen LogP contribution in [0.2, 0.25) is 0 Å². The van der Waals surface area contributed by atoms with Crippen LogP contribution in [0.4, 0.5) is 5.82 Å². The van der Waals surface area contributed by atoms with E-state index in [1.165, 1.54) is 13.0 Å². The van der Waals surface area contributed by atoms with Gasteiger partial charge in [-0.1, -0.05) is 0 Å². The van der Waals surface area contributed by atoms with Gasteiger partial charge >= 0.3 is 8.03 Å². The highest BCUT2D eigenvalue weighted by Gasteiger charge is 2.61. The van der Waals surface area contributed by atoms with E-state index < -0.39 is 26.0 Å². The molecule has 0 amide bonds. The van der Waals surface area contributed by atoms with Crippen molar-refractivity contribution in [1.82, 2.24) is 19.5 Å². The summed E-state index contributed by atoms with van der Waals surface area (Å²) in [6.07, 6.45) is 3.34. The van der Waals surface area contributed by atoms with Crippen molar-refractivity contribution in [1.29, 1.82) is 0 Å². The molecule has 5 atom stereocenters. The van der Waals surface area contributed by atoms with E-state index in [4.69, 9.17) is 15.0 Å². The number of nitrogens with two attached hydrogens (primary N) is 1. The molecule has 1 aliphatic carbocycles. The second-order valence-electron chi connectivity index (χ2n) is 6.02. The first-order valence-electron chi connectivity index (χ1n) is 7.34. The Balaban J connectivity index is 1.68. The molecule has 10 heteroatoms. The van der Waals surface area contributed by atoms with Crippen molar-refractivity contribution >= 4 is 25.0 Å². The number of fused-ring (bicyclic) bond motifs is 3. The lowest BCUT2D eigenvalue weighted by Crippen LogP contribution is -2.41. The van der Waals surface area contributed by atoms with Crippen LogP contribution in [-0.4, -0.2) is 49.6 Å². The molecular weight excluding hydrogens is 321 g/mol. The standard InChI is InChI=1S/C13H17N5O4P/c1-23(20)21-4-13-3-2-7(9(13)19)12(22-13)18-6-17-8-10(14)15-5-16-11(8)18/h5-7,9,12,19H,2-4H2,1H3,(H2,14,15,16)/q+1/t7-,9+,12-,13-/m1/s1. The third-order valence-electron chi connectivity index (χ3n) is 4.72. The molecule has 9 nitrogen and oxygen atoms in total. The second kappa shape index (κ2) is 5.17. The quantitative estimate of drug-likeness (QED) is 0.785. The average Bonchev–Trinajstić information content (AvgIpc) is 3.16. The maximum absolute atomic E-state index is 11.2. The molecular formula is C13H17N5O4P+. The monoisotopic (exact) mass is 338 g/mol. The fourth-order valence-corrected chi connectivity index (χ4v) is 3.97. The van der Waals surface area contributed by atoms with Crippen LogP contribution in [0.1, 0.15) is 19.1 Å². The zero-order valence-corrected chi connectivity index (χ0v) is 13.4. The van der Waals surface area contributed by atoms with Gasteiger partial charge in [-0.3, -0.25) is 4.57 Å². The highest BCUT2D eigenvalue weighted by atomic mass is 31.1. The number of imidazole rings is 1. The number of aromatic nitrogens is 4. The maximum atomic E-state index is 11.2. The van der Waals surface area contributed by atoms with E-state index >= 15 is 0 Å². The number of nitrogens with zero attached hydrogens (tertiary/aromatic N) is 4. The number of hydrogen-bond donors (Lipinski definition) is 2. The number of aliphatic hydroxyl groups is 1. The van der Waals surface area contributed by atoms with E-state index in [1.54, 1.807) is 10.9 Å². The number of hydrogen-bond acceptors (Lipinski definition) is 8. The Bertz CT molecular complexity index is 783. The molecule has 2 aromatic heterocycles. The molecule has 1 saturated heterocycles. The first-order chi connectivity index (χ1) is 11.0. The van der Waals surface area contributed by atoms with Gasteiger partial charge in [0, 0.05) is 5.92 Å². The molecule has 2 fully saturated rings. The zero-order chi connectivity index (χ0) is 16.2. The minimum Gasteiger partial charge on any atom is -0.390 e. The summed E-state index contributed by atoms with van der Waals surface area (Å²) in [7, 11) is -1.74. The molecule has 1 unspecified atom stereocenters. The van der Waals surface area contributed by atoms with E-state index in [0.717, 1.165) is 6.42 Å². The number of aliphatic hydroxyl groups excluding tert-OH is 1. The Morgan fingerprint density at radius 3 is 3.17 bits per heavy atom. The predicted octanol–water partition coefficient (Wildman–Crippen LogP) is 0.836. The van der Waals surface area contributed by atoms with Crippen molar-refractivity contribution in [3.63, 3.8) is 0 Å². The van der Waals surface area contributed by atoms with Gasteiger partial charge < -0.3 is 15.6 Å². The van der Waals surface area contributed by atoms with Gasteiger partial charge in [0.1, 0.15) is 30.3 Å². The van der Waals surface area contributed by atoms with Crippen LogP contribution in [0.25, 0.3) is 11.2 Å². The highest BCUT2D eigenvalue weighted by Crippen LogP contribution is 2.53. The molecule has 0 aromatic carbocycles. The number of nitrogen functional groups attached to an aromatic ring is 1. The lowest BCUT2D eigenvalue weighted by molar-refractivity contribution is -0.133. The summed E-state index contributed by atoms with van der Waals surface area (Å²) in [6, 6.07) is 0. The van der Waals surface area contributed by atoms with Gasteiger partial charge in [-0.25, -0.2) is 15.0 Å². The van der Waals surface area contributed by atoms with Gasteiger partial charge in [0.15, 0.2) is 18.1 Å². The van der Waals surface area contributed by atoms with E-state index in [2.05, 4.69) is 15.0 Å². The number of anilines is 1. The fraction of sp³-hybridized carbons (Fsp3) is 0.615. The van der Waals surface area contributed by atoms with Crippen LogP contribution in [-0.2, 0) is 13.8 Å². The number of ether oxygens (including phenoxy) is 1. The van der Waals surface area contributed by atoms with Gasteiger partial charge in [-0.05, 0) is 17.4 Å². The molecule has 2 aromatic rings. The van der Waals surface area contributed by atoms with E-state index in [1.807, 2.05) is 0 Å². The van der Waals surface area contributed by atoms with Crippen molar-refractivity contribution in [3.05, 3.63) is 12.7 Å². The molecule has 3 heterocycles. The molecule has 3 N–H and O–H groups in total. The van der Waals surface area contributed by atoms with Crippen LogP contribution < -0.4 is 5.73 Å². The lowest BCUT2D eigenvalue weighted by Gasteiger charge is -2.29. The molecule has 0 spiro atoms. The normalized spacial score (nSPS) is 33.5. The van der Waals surface area contributed by atoms with E-state index in [-0.39, 0.29) is 12.5 Å². The third-order valence-corrected chi connectivity index (χ3v) is 5.21. The topological polar surface area (TPSA) is 125 Å². The molecule has 4 rings (SSSR count). The Morgan fingerprint density at radius 1 is 1.57 bits per heavy atom. The van der Waals surface area contributed by atoms with Crippen LogP contribution >= 0.6 is 8.03 Å². The molecule has 1 saturated carbocycles. The summed E-state index contributed by atoms with van der Waals surface area (Å²) in [5.74, 6) is 0.209. The highest BCUT2D eigenvalue weighted by molar-refractivity contribution is 7.38. The van der Waals surface area contributed by atoms with Crippen molar-refractivity contribution in [2.75, 3.05) is 19.0 Å². The average molecular weight is 338 g/mol. The first-order valence-corrected chi connectivity index (χ1v) is 8.97. The van der Waals surface area contributed by atoms with Gasteiger partial charge in [-0.2, -0.15) is 0 Å². The second-order valence-corrected chi connectivity index (χ2v) is 7.15. The summed E-state index contributed by atoms with van der Waals surface area (Å²) in [6.45, 7) is 1.59. The SMILES string of the molecule is C[P+](=O)OC[C@@]12CC[C@@H]([C@H](n3cnc4c(N)ncnc43)O1)[C@@H]2O. The maximum Gasteiger partial charge on any atom is 0.504 e. The first kappa shape index (κ1) is 14.9.